The number of aromatic nitrogens is 5. The van der Waals surface area contributed by atoms with E-state index in [1.807, 2.05) is 30.3 Å². The van der Waals surface area contributed by atoms with E-state index in [0.29, 0.717) is 31.3 Å². The highest BCUT2D eigenvalue weighted by Gasteiger charge is 2.37. The molecule has 0 radical (unpaired) electrons. The van der Waals surface area contributed by atoms with Gasteiger partial charge in [-0.2, -0.15) is 33.1 Å². The number of nitrogens with two attached hydrogens (primary N) is 1. The maximum atomic E-state index is 12.7. The smallest absolute Gasteiger partial charge is 0.368 e. The lowest BCUT2D eigenvalue weighted by atomic mass is 10.1. The van der Waals surface area contributed by atoms with E-state index in [1.165, 1.54) is 0 Å². The van der Waals surface area contributed by atoms with Gasteiger partial charge in [-0.05, 0) is 32.0 Å². The van der Waals surface area contributed by atoms with Crippen molar-refractivity contribution >= 4 is 17.6 Å². The first kappa shape index (κ1) is 21.9. The van der Waals surface area contributed by atoms with Gasteiger partial charge in [0.25, 0.3) is 0 Å². The third-order valence-corrected chi connectivity index (χ3v) is 5.45. The summed E-state index contributed by atoms with van der Waals surface area (Å²) in [6.07, 6.45) is -4.42. The summed E-state index contributed by atoms with van der Waals surface area (Å²) < 4.78 is 43.5. The Morgan fingerprint density at radius 1 is 1.16 bits per heavy atom. The van der Waals surface area contributed by atoms with Gasteiger partial charge in [-0.25, -0.2) is 0 Å². The van der Waals surface area contributed by atoms with Gasteiger partial charge in [0.2, 0.25) is 29.4 Å². The molecule has 170 valence electrons. The molecular formula is C20H23F3N8O. The number of anilines is 3. The van der Waals surface area contributed by atoms with Crippen molar-refractivity contribution < 1.29 is 17.7 Å². The summed E-state index contributed by atoms with van der Waals surface area (Å²) in [6, 6.07) is 8.88. The van der Waals surface area contributed by atoms with Gasteiger partial charge in [0, 0.05) is 25.3 Å². The Labute approximate surface area is 182 Å². The monoisotopic (exact) mass is 448 g/mol. The Morgan fingerprint density at radius 3 is 2.62 bits per heavy atom. The SMILES string of the molecule is CC(CC(F)(F)F)N1CCC(c2nc(-c3nc(N)nc(N(C)c4ccccc4)n3)no2)C1. The second-order valence-electron chi connectivity index (χ2n) is 7.82. The van der Waals surface area contributed by atoms with Gasteiger partial charge in [-0.15, -0.1) is 0 Å². The van der Waals surface area contributed by atoms with E-state index < -0.39 is 18.6 Å². The first-order valence-electron chi connectivity index (χ1n) is 10.1. The maximum absolute atomic E-state index is 12.7. The number of halogens is 3. The molecule has 0 aliphatic carbocycles. The van der Waals surface area contributed by atoms with Crippen LogP contribution in [-0.2, 0) is 0 Å². The zero-order chi connectivity index (χ0) is 22.9. The molecule has 0 saturated carbocycles. The van der Waals surface area contributed by atoms with Gasteiger partial charge in [0.1, 0.15) is 0 Å². The van der Waals surface area contributed by atoms with Gasteiger partial charge >= 0.3 is 6.18 Å². The topological polar surface area (TPSA) is 110 Å². The summed E-state index contributed by atoms with van der Waals surface area (Å²) >= 11 is 0. The van der Waals surface area contributed by atoms with E-state index in [-0.39, 0.29) is 23.5 Å². The first-order chi connectivity index (χ1) is 15.2. The van der Waals surface area contributed by atoms with E-state index in [0.717, 1.165) is 5.69 Å². The summed E-state index contributed by atoms with van der Waals surface area (Å²) in [6.45, 7) is 2.53. The third kappa shape index (κ3) is 4.96. The molecule has 1 aromatic carbocycles. The number of para-hydroxylation sites is 1. The summed E-state index contributed by atoms with van der Waals surface area (Å²) in [5, 5.41) is 3.96. The molecule has 1 aliphatic heterocycles. The van der Waals surface area contributed by atoms with Crippen LogP contribution in [0.3, 0.4) is 0 Å². The molecule has 1 fully saturated rings. The number of rotatable bonds is 6. The third-order valence-electron chi connectivity index (χ3n) is 5.45. The van der Waals surface area contributed by atoms with Crippen LogP contribution in [0.4, 0.5) is 30.8 Å². The van der Waals surface area contributed by atoms with Crippen molar-refractivity contribution in [2.24, 2.45) is 0 Å². The summed E-state index contributed by atoms with van der Waals surface area (Å²) in [7, 11) is 1.80. The second-order valence-corrected chi connectivity index (χ2v) is 7.82. The lowest BCUT2D eigenvalue weighted by Gasteiger charge is -2.24. The van der Waals surface area contributed by atoms with Crippen LogP contribution in [0, 0.1) is 0 Å². The highest BCUT2D eigenvalue weighted by atomic mass is 19.4. The number of likely N-dealkylation sites (tertiary alicyclic amines) is 1. The molecule has 3 aromatic rings. The van der Waals surface area contributed by atoms with Crippen molar-refractivity contribution in [3.05, 3.63) is 36.2 Å². The average Bonchev–Trinajstić information content (AvgIpc) is 3.42. The molecule has 4 rings (SSSR count). The Morgan fingerprint density at radius 2 is 1.91 bits per heavy atom. The van der Waals surface area contributed by atoms with Crippen molar-refractivity contribution in [1.82, 2.24) is 30.0 Å². The minimum absolute atomic E-state index is 0.00662. The predicted octanol–water partition coefficient (Wildman–Crippen LogP) is 3.40. The Balaban J connectivity index is 1.50. The normalized spacial score (nSPS) is 18.1. The number of benzene rings is 1. The number of nitrogens with zero attached hydrogens (tertiary/aromatic N) is 7. The number of hydrogen-bond acceptors (Lipinski definition) is 9. The van der Waals surface area contributed by atoms with Crippen molar-refractivity contribution in [2.75, 3.05) is 30.8 Å². The van der Waals surface area contributed by atoms with Crippen LogP contribution in [0.1, 0.15) is 31.6 Å². The van der Waals surface area contributed by atoms with Crippen LogP contribution >= 0.6 is 0 Å². The van der Waals surface area contributed by atoms with E-state index in [4.69, 9.17) is 10.3 Å². The molecular weight excluding hydrogens is 425 g/mol. The van der Waals surface area contributed by atoms with Crippen LogP contribution in [-0.4, -0.2) is 62.3 Å². The highest BCUT2D eigenvalue weighted by Crippen LogP contribution is 2.32. The second kappa shape index (κ2) is 8.69. The van der Waals surface area contributed by atoms with Gasteiger partial charge in [-0.1, -0.05) is 23.4 Å². The number of nitrogen functional groups attached to an aromatic ring is 1. The molecule has 32 heavy (non-hydrogen) atoms. The standard InChI is InChI=1S/C20H23F3N8O/c1-12(10-20(21,22)23)31-9-8-13(11-31)17-25-16(29-32-17)15-26-18(24)28-19(27-15)30(2)14-6-4-3-5-7-14/h3-7,12-13H,8-11H2,1-2H3,(H2,24,26,27,28). The summed E-state index contributed by atoms with van der Waals surface area (Å²) in [5.41, 5.74) is 6.73. The van der Waals surface area contributed by atoms with Crippen molar-refractivity contribution in [3.63, 3.8) is 0 Å². The molecule has 1 saturated heterocycles. The Hall–Kier alpha value is -3.28. The van der Waals surface area contributed by atoms with Gasteiger partial charge < -0.3 is 15.2 Å². The predicted molar refractivity (Wildman–Crippen MR) is 111 cm³/mol. The molecule has 0 amide bonds. The molecule has 2 unspecified atom stereocenters. The van der Waals surface area contributed by atoms with Crippen molar-refractivity contribution in [2.45, 2.75) is 37.9 Å². The van der Waals surface area contributed by atoms with Crippen LogP contribution in [0.5, 0.6) is 0 Å². The molecule has 3 heterocycles. The minimum atomic E-state index is -4.20. The summed E-state index contributed by atoms with van der Waals surface area (Å²) in [4.78, 5) is 20.6. The Bertz CT molecular complexity index is 1060. The highest BCUT2D eigenvalue weighted by molar-refractivity contribution is 5.58. The molecule has 0 bridgehead atoms. The fourth-order valence-corrected chi connectivity index (χ4v) is 3.74. The van der Waals surface area contributed by atoms with Gasteiger partial charge in [-0.3, -0.25) is 4.90 Å². The van der Waals surface area contributed by atoms with Crippen LogP contribution in [0.25, 0.3) is 11.6 Å². The maximum Gasteiger partial charge on any atom is 0.390 e. The minimum Gasteiger partial charge on any atom is -0.368 e. The van der Waals surface area contributed by atoms with Crippen molar-refractivity contribution in [3.8, 4) is 11.6 Å². The summed E-state index contributed by atoms with van der Waals surface area (Å²) in [5.74, 6) is 0.825. The zero-order valence-corrected chi connectivity index (χ0v) is 17.6. The number of hydrogen-bond donors (Lipinski definition) is 1. The lowest BCUT2D eigenvalue weighted by Crippen LogP contribution is -2.34. The molecule has 1 aliphatic rings. The van der Waals surface area contributed by atoms with E-state index in [9.17, 15) is 13.2 Å². The largest absolute Gasteiger partial charge is 0.390 e. The molecule has 9 nitrogen and oxygen atoms in total. The number of alkyl halides is 3. The zero-order valence-electron chi connectivity index (χ0n) is 17.6. The fourth-order valence-electron chi connectivity index (χ4n) is 3.74. The average molecular weight is 448 g/mol. The van der Waals surface area contributed by atoms with E-state index in [1.54, 1.807) is 23.8 Å². The molecule has 12 heteroatoms. The van der Waals surface area contributed by atoms with Gasteiger partial charge in [0.05, 0.1) is 12.3 Å². The van der Waals surface area contributed by atoms with E-state index >= 15 is 0 Å². The van der Waals surface area contributed by atoms with Crippen molar-refractivity contribution in [1.29, 1.82) is 0 Å². The molecule has 2 aromatic heterocycles. The quantitative estimate of drug-likeness (QED) is 0.606. The molecule has 2 atom stereocenters. The van der Waals surface area contributed by atoms with E-state index in [2.05, 4.69) is 25.1 Å². The van der Waals surface area contributed by atoms with Gasteiger partial charge in [0.15, 0.2) is 0 Å². The lowest BCUT2D eigenvalue weighted by molar-refractivity contribution is -0.145. The van der Waals surface area contributed by atoms with Crippen LogP contribution in [0.15, 0.2) is 34.9 Å². The first-order valence-corrected chi connectivity index (χ1v) is 10.1. The fraction of sp³-hybridized carbons (Fsp3) is 0.450. The van der Waals surface area contributed by atoms with Crippen LogP contribution in [0.2, 0.25) is 0 Å². The van der Waals surface area contributed by atoms with Crippen LogP contribution < -0.4 is 10.6 Å². The molecule has 2 N–H and O–H groups in total. The molecule has 0 spiro atoms. The Kier molecular flexibility index (Phi) is 5.96.